The number of carbonyl (C=O) groups is 2. The fourth-order valence-corrected chi connectivity index (χ4v) is 0.167. The molecule has 7 heteroatoms. The Hall–Kier alpha value is 0.431. The number of aliphatic hydroxyl groups is 2. The number of hydrogen-bond donors (Lipinski definition) is 2. The molecule has 0 aromatic carbocycles. The second kappa shape index (κ2) is 12.4. The molecule has 0 aliphatic heterocycles. The largest absolute Gasteiger partial charge is 2.00 e. The predicted molar refractivity (Wildman–Crippen MR) is 39.2 cm³/mol. The van der Waals surface area contributed by atoms with Crippen molar-refractivity contribution in [3.63, 3.8) is 0 Å². The van der Waals surface area contributed by atoms with Crippen molar-refractivity contribution in [2.45, 2.75) is 19.4 Å². The van der Waals surface area contributed by atoms with Gasteiger partial charge in [-0.15, -0.1) is 0 Å². The van der Waals surface area contributed by atoms with Gasteiger partial charge >= 0.3 is 48.9 Å². The van der Waals surface area contributed by atoms with Crippen molar-refractivity contribution in [1.82, 2.24) is 0 Å². The number of aliphatic hydroxyl groups excluding tert-OH is 2. The molecule has 13 heavy (non-hydrogen) atoms. The molecule has 0 saturated heterocycles. The van der Waals surface area contributed by atoms with E-state index in [1.54, 1.807) is 6.92 Å². The zero-order valence-corrected chi connectivity index (χ0v) is 11.7. The van der Waals surface area contributed by atoms with Gasteiger partial charge in [-0.05, 0) is 6.42 Å². The average Bonchev–Trinajstić information content (AvgIpc) is 2.04. The van der Waals surface area contributed by atoms with E-state index in [9.17, 15) is 9.90 Å². The first kappa shape index (κ1) is 19.1. The summed E-state index contributed by atoms with van der Waals surface area (Å²) in [7, 11) is 0. The van der Waals surface area contributed by atoms with Crippen LogP contribution in [0.4, 0.5) is 0 Å². The molecule has 0 aliphatic carbocycles. The smallest absolute Gasteiger partial charge is 0.548 e. The van der Waals surface area contributed by atoms with E-state index in [4.69, 9.17) is 20.1 Å². The Morgan fingerprint density at radius 1 is 1.38 bits per heavy atom. The van der Waals surface area contributed by atoms with Crippen LogP contribution in [0.15, 0.2) is 0 Å². The van der Waals surface area contributed by atoms with Gasteiger partial charge in [0.25, 0.3) is 0 Å². The molecule has 0 bridgehead atoms. The maximum atomic E-state index is 9.57. The van der Waals surface area contributed by atoms with Crippen LogP contribution in [0.3, 0.4) is 0 Å². The molecular formula is C6H10BaO6. The topological polar surface area (TPSA) is 121 Å². The molecular weight excluding hydrogens is 305 g/mol. The first-order chi connectivity index (χ1) is 5.45. The van der Waals surface area contributed by atoms with Gasteiger partial charge in [-0.2, -0.15) is 0 Å². The van der Waals surface area contributed by atoms with Crippen LogP contribution in [-0.2, 0) is 9.59 Å². The summed E-state index contributed by atoms with van der Waals surface area (Å²) in [5.41, 5.74) is 0. The zero-order chi connectivity index (χ0) is 10.1. The number of hydrogen-bond acceptors (Lipinski definition) is 6. The summed E-state index contributed by atoms with van der Waals surface area (Å²) in [4.78, 5) is 18.6. The molecule has 0 spiro atoms. The van der Waals surface area contributed by atoms with Crippen molar-refractivity contribution < 1.29 is 30.0 Å². The van der Waals surface area contributed by atoms with Gasteiger partial charge in [0.1, 0.15) is 0 Å². The molecule has 6 nitrogen and oxygen atoms in total. The number of aliphatic carboxylic acids is 2. The molecule has 0 radical (unpaired) electrons. The van der Waals surface area contributed by atoms with E-state index in [1.165, 1.54) is 0 Å². The Morgan fingerprint density at radius 3 is 1.69 bits per heavy atom. The Bertz CT molecular complexity index is 148. The first-order valence-electron chi connectivity index (χ1n) is 3.15. The molecule has 72 valence electrons. The summed E-state index contributed by atoms with van der Waals surface area (Å²) in [5, 5.41) is 34.3. The van der Waals surface area contributed by atoms with Crippen molar-refractivity contribution >= 4 is 60.8 Å². The van der Waals surface area contributed by atoms with Crippen molar-refractivity contribution in [2.24, 2.45) is 0 Å². The third-order valence-electron chi connectivity index (χ3n) is 0.788. The Morgan fingerprint density at radius 2 is 1.69 bits per heavy atom. The van der Waals surface area contributed by atoms with Gasteiger partial charge in [-0.1, -0.05) is 6.92 Å². The molecule has 0 heterocycles. The Kier molecular flexibility index (Phi) is 18.2. The molecule has 0 fully saturated rings. The van der Waals surface area contributed by atoms with E-state index in [2.05, 4.69) is 0 Å². The number of carboxylic acid groups (broad SMARTS) is 2. The van der Waals surface area contributed by atoms with Gasteiger partial charge in [0.15, 0.2) is 0 Å². The van der Waals surface area contributed by atoms with Crippen LogP contribution in [0.5, 0.6) is 0 Å². The van der Waals surface area contributed by atoms with Crippen molar-refractivity contribution in [3.05, 3.63) is 0 Å². The van der Waals surface area contributed by atoms with Crippen LogP contribution in [0.25, 0.3) is 0 Å². The monoisotopic (exact) mass is 316 g/mol. The van der Waals surface area contributed by atoms with E-state index < -0.39 is 24.6 Å². The first-order valence-corrected chi connectivity index (χ1v) is 3.15. The number of rotatable bonds is 3. The van der Waals surface area contributed by atoms with Crippen LogP contribution in [0.2, 0.25) is 0 Å². The van der Waals surface area contributed by atoms with Gasteiger partial charge in [-0.25, -0.2) is 0 Å². The Labute approximate surface area is 116 Å². The second-order valence-corrected chi connectivity index (χ2v) is 1.77. The van der Waals surface area contributed by atoms with Crippen molar-refractivity contribution in [3.8, 4) is 0 Å². The van der Waals surface area contributed by atoms with Gasteiger partial charge < -0.3 is 30.0 Å². The average molecular weight is 315 g/mol. The van der Waals surface area contributed by atoms with Gasteiger partial charge in [0, 0.05) is 0 Å². The number of carboxylic acids is 2. The van der Waals surface area contributed by atoms with Crippen molar-refractivity contribution in [1.29, 1.82) is 0 Å². The molecule has 0 aromatic heterocycles. The molecule has 0 rings (SSSR count). The molecule has 0 saturated carbocycles. The fourth-order valence-electron chi connectivity index (χ4n) is 0.167. The standard InChI is InChI=1S/C4H8O3.C2H4O3.Ba/c1-2-3(5)4(6)7;3-1-2(4)5;/h3,5H,2H2,1H3,(H,6,7);3H,1H2,(H,4,5);/q;;+2/p-2. The van der Waals surface area contributed by atoms with Gasteiger partial charge in [0.2, 0.25) is 0 Å². The van der Waals surface area contributed by atoms with Crippen LogP contribution in [0.1, 0.15) is 13.3 Å². The molecule has 0 aromatic rings. The summed E-state index contributed by atoms with van der Waals surface area (Å²) in [6, 6.07) is 0. The normalized spacial score (nSPS) is 10.1. The Balaban J connectivity index is -0.000000150. The third kappa shape index (κ3) is 19.0. The van der Waals surface area contributed by atoms with Gasteiger partial charge in [0.05, 0.1) is 24.6 Å². The van der Waals surface area contributed by atoms with Crippen LogP contribution >= 0.6 is 0 Å². The molecule has 0 aliphatic rings. The SMILES string of the molecule is CCC(O)C(=O)[O-].O=C([O-])CO.[Ba+2]. The van der Waals surface area contributed by atoms with E-state index in [0.29, 0.717) is 0 Å². The van der Waals surface area contributed by atoms with Gasteiger partial charge in [-0.3, -0.25) is 0 Å². The van der Waals surface area contributed by atoms with E-state index in [1.807, 2.05) is 0 Å². The minimum absolute atomic E-state index is 0. The molecule has 1 unspecified atom stereocenters. The predicted octanol–water partition coefficient (Wildman–Crippen LogP) is -4.14. The fraction of sp³-hybridized carbons (Fsp3) is 0.667. The third-order valence-corrected chi connectivity index (χ3v) is 0.788. The quantitative estimate of drug-likeness (QED) is 0.510. The van der Waals surface area contributed by atoms with Crippen molar-refractivity contribution in [2.75, 3.05) is 6.61 Å². The number of carbonyl (C=O) groups excluding carboxylic acids is 2. The summed E-state index contributed by atoms with van der Waals surface area (Å²) >= 11 is 0. The minimum Gasteiger partial charge on any atom is -0.548 e. The maximum Gasteiger partial charge on any atom is 2.00 e. The van der Waals surface area contributed by atoms with Crippen LogP contribution < -0.4 is 10.2 Å². The summed E-state index contributed by atoms with van der Waals surface area (Å²) < 4.78 is 0. The molecule has 2 N–H and O–H groups in total. The molecule has 1 atom stereocenters. The van der Waals surface area contributed by atoms with Crippen LogP contribution in [0, 0.1) is 0 Å². The van der Waals surface area contributed by atoms with Crippen LogP contribution in [-0.4, -0.2) is 83.7 Å². The zero-order valence-electron chi connectivity index (χ0n) is 7.23. The summed E-state index contributed by atoms with van der Waals surface area (Å²) in [6.07, 6.45) is -1.08. The van der Waals surface area contributed by atoms with E-state index in [-0.39, 0.29) is 55.3 Å². The minimum atomic E-state index is -1.44. The summed E-state index contributed by atoms with van der Waals surface area (Å²) in [6.45, 7) is 0.681. The molecule has 0 amide bonds. The maximum absolute atomic E-state index is 9.57. The van der Waals surface area contributed by atoms with E-state index >= 15 is 0 Å². The second-order valence-electron chi connectivity index (χ2n) is 1.77. The van der Waals surface area contributed by atoms with E-state index in [0.717, 1.165) is 0 Å². The summed E-state index contributed by atoms with van der Waals surface area (Å²) in [5.74, 6) is -2.84.